The number of rotatable bonds is 4. The van der Waals surface area contributed by atoms with Crippen LogP contribution in [0.4, 0.5) is 14.5 Å². The molecule has 5 nitrogen and oxygen atoms in total. The summed E-state index contributed by atoms with van der Waals surface area (Å²) in [5, 5.41) is 4.36. The van der Waals surface area contributed by atoms with E-state index in [2.05, 4.69) is 10.00 Å². The minimum Gasteiger partial charge on any atom is -0.309 e. The third kappa shape index (κ3) is 2.91. The Morgan fingerprint density at radius 1 is 1.17 bits per heavy atom. The van der Waals surface area contributed by atoms with Gasteiger partial charge < -0.3 is 4.90 Å². The van der Waals surface area contributed by atoms with E-state index in [0.717, 1.165) is 37.8 Å². The zero-order valence-electron chi connectivity index (χ0n) is 13.2. The third-order valence-corrected chi connectivity index (χ3v) is 4.61. The average molecular weight is 332 g/mol. The molecule has 2 aliphatic rings. The normalized spacial score (nSPS) is 19.1. The number of benzene rings is 1. The van der Waals surface area contributed by atoms with Gasteiger partial charge in [0.05, 0.1) is 17.9 Å². The minimum absolute atomic E-state index is 0.151. The minimum atomic E-state index is -0.547. The summed E-state index contributed by atoms with van der Waals surface area (Å²) >= 11 is 0. The number of amides is 1. The highest BCUT2D eigenvalue weighted by Crippen LogP contribution is 2.26. The molecular formula is C17H18F2N4O. The SMILES string of the molecule is O=C1CCCN1c1cnn(C2CN(Cc3cc(F)cc(F)c3)C2)c1. The summed E-state index contributed by atoms with van der Waals surface area (Å²) in [4.78, 5) is 15.7. The first-order valence-electron chi connectivity index (χ1n) is 8.10. The van der Waals surface area contributed by atoms with Crippen LogP contribution in [0.3, 0.4) is 0 Å². The number of likely N-dealkylation sites (tertiary alicyclic amines) is 1. The van der Waals surface area contributed by atoms with Crippen molar-refractivity contribution < 1.29 is 13.6 Å². The van der Waals surface area contributed by atoms with Crippen molar-refractivity contribution in [2.45, 2.75) is 25.4 Å². The van der Waals surface area contributed by atoms with Gasteiger partial charge in [-0.05, 0) is 24.1 Å². The van der Waals surface area contributed by atoms with E-state index in [4.69, 9.17) is 0 Å². The molecular weight excluding hydrogens is 314 g/mol. The lowest BCUT2D eigenvalue weighted by Gasteiger charge is -2.39. The maximum atomic E-state index is 13.2. The van der Waals surface area contributed by atoms with Crippen molar-refractivity contribution in [2.75, 3.05) is 24.5 Å². The Morgan fingerprint density at radius 3 is 2.58 bits per heavy atom. The van der Waals surface area contributed by atoms with E-state index in [0.29, 0.717) is 18.5 Å². The molecule has 0 aliphatic carbocycles. The van der Waals surface area contributed by atoms with Crippen LogP contribution in [0.1, 0.15) is 24.4 Å². The molecule has 4 rings (SSSR count). The number of nitrogens with zero attached hydrogens (tertiary/aromatic N) is 4. The summed E-state index contributed by atoms with van der Waals surface area (Å²) in [7, 11) is 0. The summed E-state index contributed by atoms with van der Waals surface area (Å²) in [6.45, 7) is 2.82. The van der Waals surface area contributed by atoms with E-state index in [9.17, 15) is 13.6 Å². The smallest absolute Gasteiger partial charge is 0.227 e. The molecule has 7 heteroatoms. The topological polar surface area (TPSA) is 41.4 Å². The first-order chi connectivity index (χ1) is 11.6. The van der Waals surface area contributed by atoms with Gasteiger partial charge in [0.1, 0.15) is 11.6 Å². The van der Waals surface area contributed by atoms with E-state index in [1.165, 1.54) is 12.1 Å². The molecule has 0 unspecified atom stereocenters. The van der Waals surface area contributed by atoms with Gasteiger partial charge in [-0.1, -0.05) is 0 Å². The van der Waals surface area contributed by atoms with Gasteiger partial charge in [-0.2, -0.15) is 5.10 Å². The summed E-state index contributed by atoms with van der Waals surface area (Å²) in [5.41, 5.74) is 1.48. The second-order valence-electron chi connectivity index (χ2n) is 6.45. The fourth-order valence-corrected chi connectivity index (χ4v) is 3.39. The first-order valence-corrected chi connectivity index (χ1v) is 8.10. The van der Waals surface area contributed by atoms with E-state index < -0.39 is 11.6 Å². The van der Waals surface area contributed by atoms with Crippen LogP contribution >= 0.6 is 0 Å². The monoisotopic (exact) mass is 332 g/mol. The predicted molar refractivity (Wildman–Crippen MR) is 84.5 cm³/mol. The van der Waals surface area contributed by atoms with Crippen molar-refractivity contribution in [3.63, 3.8) is 0 Å². The fraction of sp³-hybridized carbons (Fsp3) is 0.412. The van der Waals surface area contributed by atoms with Gasteiger partial charge in [-0.25, -0.2) is 8.78 Å². The van der Waals surface area contributed by atoms with Crippen LogP contribution < -0.4 is 4.90 Å². The summed E-state index contributed by atoms with van der Waals surface area (Å²) in [6, 6.07) is 3.84. The molecule has 0 bridgehead atoms. The molecule has 2 aromatic rings. The van der Waals surface area contributed by atoms with E-state index in [-0.39, 0.29) is 11.9 Å². The lowest BCUT2D eigenvalue weighted by Crippen LogP contribution is -2.47. The quantitative estimate of drug-likeness (QED) is 0.863. The Bertz CT molecular complexity index is 749. The molecule has 0 radical (unpaired) electrons. The fourth-order valence-electron chi connectivity index (χ4n) is 3.39. The van der Waals surface area contributed by atoms with Gasteiger partial charge in [-0.3, -0.25) is 14.4 Å². The zero-order chi connectivity index (χ0) is 16.7. The van der Waals surface area contributed by atoms with Gasteiger partial charge in [-0.15, -0.1) is 0 Å². The van der Waals surface area contributed by atoms with Crippen LogP contribution in [-0.4, -0.2) is 40.2 Å². The summed E-state index contributed by atoms with van der Waals surface area (Å²) < 4.78 is 28.3. The Kier molecular flexibility index (Phi) is 3.80. The molecule has 0 N–H and O–H groups in total. The standard InChI is InChI=1S/C17H18F2N4O/c18-13-4-12(5-14(19)6-13)8-21-9-16(10-21)23-11-15(7-20-23)22-3-1-2-17(22)24/h4-7,11,16H,1-3,8-10H2. The third-order valence-electron chi connectivity index (χ3n) is 4.61. The van der Waals surface area contributed by atoms with Gasteiger partial charge in [0, 0.05) is 44.9 Å². The number of carbonyl (C=O) groups is 1. The second kappa shape index (κ2) is 5.98. The van der Waals surface area contributed by atoms with Gasteiger partial charge in [0.15, 0.2) is 0 Å². The van der Waals surface area contributed by atoms with Crippen molar-refractivity contribution in [2.24, 2.45) is 0 Å². The first kappa shape index (κ1) is 15.3. The molecule has 1 aromatic carbocycles. The van der Waals surface area contributed by atoms with Crippen molar-refractivity contribution >= 4 is 11.6 Å². The number of carbonyl (C=O) groups excluding carboxylic acids is 1. The lowest BCUT2D eigenvalue weighted by atomic mass is 10.1. The number of hydrogen-bond donors (Lipinski definition) is 0. The molecule has 1 amide bonds. The Balaban J connectivity index is 1.36. The van der Waals surface area contributed by atoms with Crippen molar-refractivity contribution in [1.29, 1.82) is 0 Å². The number of hydrogen-bond acceptors (Lipinski definition) is 3. The molecule has 126 valence electrons. The van der Waals surface area contributed by atoms with Crippen LogP contribution in [0.5, 0.6) is 0 Å². The van der Waals surface area contributed by atoms with Crippen LogP contribution in [-0.2, 0) is 11.3 Å². The summed E-state index contributed by atoms with van der Waals surface area (Å²) in [6.07, 6.45) is 5.14. The number of halogens is 2. The molecule has 0 spiro atoms. The zero-order valence-corrected chi connectivity index (χ0v) is 13.2. The molecule has 2 saturated heterocycles. The van der Waals surface area contributed by atoms with Crippen LogP contribution in [0.25, 0.3) is 0 Å². The van der Waals surface area contributed by atoms with Crippen molar-refractivity contribution in [3.8, 4) is 0 Å². The summed E-state index contributed by atoms with van der Waals surface area (Å²) in [5.74, 6) is -0.943. The highest BCUT2D eigenvalue weighted by Gasteiger charge is 2.30. The maximum Gasteiger partial charge on any atom is 0.227 e. The molecule has 24 heavy (non-hydrogen) atoms. The molecule has 0 saturated carbocycles. The Labute approximate surface area is 138 Å². The van der Waals surface area contributed by atoms with E-state index >= 15 is 0 Å². The van der Waals surface area contributed by atoms with Crippen LogP contribution in [0.2, 0.25) is 0 Å². The lowest BCUT2D eigenvalue weighted by molar-refractivity contribution is -0.117. The number of anilines is 1. The maximum absolute atomic E-state index is 13.2. The largest absolute Gasteiger partial charge is 0.309 e. The van der Waals surface area contributed by atoms with Crippen molar-refractivity contribution in [1.82, 2.24) is 14.7 Å². The van der Waals surface area contributed by atoms with E-state index in [1.807, 2.05) is 10.9 Å². The highest BCUT2D eigenvalue weighted by molar-refractivity contribution is 5.95. The van der Waals surface area contributed by atoms with Crippen molar-refractivity contribution in [3.05, 3.63) is 47.8 Å². The molecule has 2 aliphatic heterocycles. The predicted octanol–water partition coefficient (Wildman–Crippen LogP) is 2.35. The molecule has 1 aromatic heterocycles. The second-order valence-corrected chi connectivity index (χ2v) is 6.45. The number of aromatic nitrogens is 2. The molecule has 0 atom stereocenters. The molecule has 2 fully saturated rings. The van der Waals surface area contributed by atoms with Crippen LogP contribution in [0, 0.1) is 11.6 Å². The van der Waals surface area contributed by atoms with Gasteiger partial charge in [0.2, 0.25) is 5.91 Å². The van der Waals surface area contributed by atoms with Crippen LogP contribution in [0.15, 0.2) is 30.6 Å². The Hall–Kier alpha value is -2.28. The Morgan fingerprint density at radius 2 is 1.92 bits per heavy atom. The van der Waals surface area contributed by atoms with Gasteiger partial charge >= 0.3 is 0 Å². The average Bonchev–Trinajstić information content (AvgIpc) is 3.09. The highest BCUT2D eigenvalue weighted by atomic mass is 19.1. The van der Waals surface area contributed by atoms with Gasteiger partial charge in [0.25, 0.3) is 0 Å². The van der Waals surface area contributed by atoms with E-state index in [1.54, 1.807) is 11.1 Å². The molecule has 3 heterocycles.